The van der Waals surface area contributed by atoms with Gasteiger partial charge in [0.05, 0.1) is 11.5 Å². The Hall–Kier alpha value is -0.710. The van der Waals surface area contributed by atoms with Gasteiger partial charge >= 0.3 is 0 Å². The number of thioether (sulfide) groups is 1. The molecule has 0 saturated heterocycles. The first-order valence-electron chi connectivity index (χ1n) is 6.14. The molecule has 0 radical (unpaired) electrons. The molecule has 2 rings (SSSR count). The van der Waals surface area contributed by atoms with Crippen LogP contribution in [0, 0.1) is 13.8 Å². The molecule has 2 aromatic rings. The van der Waals surface area contributed by atoms with Crippen molar-refractivity contribution < 1.29 is 4.42 Å². The van der Waals surface area contributed by atoms with Crippen LogP contribution in [0.4, 0.5) is 0 Å². The highest BCUT2D eigenvalue weighted by Crippen LogP contribution is 2.42. The fourth-order valence-electron chi connectivity index (χ4n) is 1.81. The summed E-state index contributed by atoms with van der Waals surface area (Å²) in [5, 5.41) is 0.310. The van der Waals surface area contributed by atoms with Gasteiger partial charge in [-0.05, 0) is 38.5 Å². The van der Waals surface area contributed by atoms with Crippen molar-refractivity contribution in [1.29, 1.82) is 0 Å². The lowest BCUT2D eigenvalue weighted by Crippen LogP contribution is -2.25. The van der Waals surface area contributed by atoms with E-state index >= 15 is 0 Å². The molecule has 2 nitrogen and oxygen atoms in total. The van der Waals surface area contributed by atoms with E-state index in [0.29, 0.717) is 5.25 Å². The minimum Gasteiger partial charge on any atom is -0.468 e. The van der Waals surface area contributed by atoms with Crippen LogP contribution in [0.3, 0.4) is 0 Å². The van der Waals surface area contributed by atoms with Crippen LogP contribution in [0.5, 0.6) is 0 Å². The summed E-state index contributed by atoms with van der Waals surface area (Å²) >= 11 is 3.65. The first-order chi connectivity index (χ1) is 8.61. The molecule has 0 aliphatic rings. The maximum atomic E-state index is 6.28. The molecule has 2 N–H and O–H groups in total. The number of hydrogen-bond acceptors (Lipinski definition) is 4. The zero-order chi connectivity index (χ0) is 13.1. The summed E-state index contributed by atoms with van der Waals surface area (Å²) in [7, 11) is 0. The highest BCUT2D eigenvalue weighted by Gasteiger charge is 2.22. The Kier molecular flexibility index (Phi) is 4.54. The highest BCUT2D eigenvalue weighted by molar-refractivity contribution is 7.99. The van der Waals surface area contributed by atoms with Gasteiger partial charge in [0.15, 0.2) is 0 Å². The van der Waals surface area contributed by atoms with Crippen molar-refractivity contribution >= 4 is 23.1 Å². The quantitative estimate of drug-likeness (QED) is 0.818. The number of hydrogen-bond donors (Lipinski definition) is 1. The fraction of sp³-hybridized carbons (Fsp3) is 0.429. The molecule has 0 aromatic carbocycles. The lowest BCUT2D eigenvalue weighted by molar-refractivity contribution is 0.526. The van der Waals surface area contributed by atoms with Crippen molar-refractivity contribution in [2.75, 3.05) is 0 Å². The van der Waals surface area contributed by atoms with Gasteiger partial charge < -0.3 is 10.2 Å². The van der Waals surface area contributed by atoms with E-state index < -0.39 is 0 Å². The van der Waals surface area contributed by atoms with E-state index in [0.717, 1.165) is 12.2 Å². The first kappa shape index (κ1) is 13.7. The van der Waals surface area contributed by atoms with Crippen LogP contribution in [0.15, 0.2) is 33.8 Å². The minimum atomic E-state index is 0.169. The zero-order valence-electron chi connectivity index (χ0n) is 11.0. The SMILES string of the molecule is CCC(N)C(Sc1ccoc1C)c1ccc(C)s1. The normalized spacial score (nSPS) is 14.7. The van der Waals surface area contributed by atoms with Crippen LogP contribution in [-0.4, -0.2) is 6.04 Å². The summed E-state index contributed by atoms with van der Waals surface area (Å²) in [6.07, 6.45) is 2.72. The molecule has 2 atom stereocenters. The van der Waals surface area contributed by atoms with Crippen LogP contribution < -0.4 is 5.73 Å². The Bertz CT molecular complexity index is 503. The van der Waals surface area contributed by atoms with Gasteiger partial charge in [-0.15, -0.1) is 23.1 Å². The molecule has 0 fully saturated rings. The van der Waals surface area contributed by atoms with Crippen LogP contribution >= 0.6 is 23.1 Å². The van der Waals surface area contributed by atoms with Crippen molar-refractivity contribution in [2.45, 2.75) is 43.4 Å². The van der Waals surface area contributed by atoms with Gasteiger partial charge in [0.1, 0.15) is 5.76 Å². The molecule has 4 heteroatoms. The number of aryl methyl sites for hydroxylation is 2. The molecule has 2 aromatic heterocycles. The summed E-state index contributed by atoms with van der Waals surface area (Å²) in [5.41, 5.74) is 6.28. The molecule has 98 valence electrons. The smallest absolute Gasteiger partial charge is 0.114 e. The zero-order valence-corrected chi connectivity index (χ0v) is 12.6. The second-order valence-electron chi connectivity index (χ2n) is 4.40. The Balaban J connectivity index is 2.23. The summed E-state index contributed by atoms with van der Waals surface area (Å²) in [4.78, 5) is 3.88. The molecule has 0 spiro atoms. The van der Waals surface area contributed by atoms with E-state index in [2.05, 4.69) is 26.0 Å². The van der Waals surface area contributed by atoms with E-state index in [1.165, 1.54) is 14.6 Å². The summed E-state index contributed by atoms with van der Waals surface area (Å²) in [5.74, 6) is 0.974. The van der Waals surface area contributed by atoms with E-state index in [9.17, 15) is 0 Å². The highest BCUT2D eigenvalue weighted by atomic mass is 32.2. The van der Waals surface area contributed by atoms with Crippen LogP contribution in [-0.2, 0) is 0 Å². The largest absolute Gasteiger partial charge is 0.468 e. The van der Waals surface area contributed by atoms with Gasteiger partial charge in [-0.2, -0.15) is 0 Å². The Morgan fingerprint density at radius 1 is 1.33 bits per heavy atom. The van der Waals surface area contributed by atoms with Crippen molar-refractivity contribution in [2.24, 2.45) is 5.73 Å². The van der Waals surface area contributed by atoms with Crippen LogP contribution in [0.25, 0.3) is 0 Å². The number of thiophene rings is 1. The molecule has 0 bridgehead atoms. The second kappa shape index (κ2) is 5.95. The predicted octanol–water partition coefficient (Wildman–Crippen LogP) is 4.53. The lowest BCUT2D eigenvalue weighted by Gasteiger charge is -2.21. The number of furan rings is 1. The van der Waals surface area contributed by atoms with Gasteiger partial charge in [0.2, 0.25) is 0 Å². The predicted molar refractivity (Wildman–Crippen MR) is 79.4 cm³/mol. The van der Waals surface area contributed by atoms with Gasteiger partial charge in [0, 0.05) is 20.7 Å². The maximum Gasteiger partial charge on any atom is 0.114 e. The molecule has 18 heavy (non-hydrogen) atoms. The minimum absolute atomic E-state index is 0.169. The Labute approximate surface area is 117 Å². The van der Waals surface area contributed by atoms with Crippen molar-refractivity contribution in [3.05, 3.63) is 40.0 Å². The molecule has 2 unspecified atom stereocenters. The van der Waals surface area contributed by atoms with Crippen LogP contribution in [0.2, 0.25) is 0 Å². The van der Waals surface area contributed by atoms with Crippen molar-refractivity contribution in [1.82, 2.24) is 0 Å². The topological polar surface area (TPSA) is 39.2 Å². The van der Waals surface area contributed by atoms with E-state index in [-0.39, 0.29) is 6.04 Å². The average molecular weight is 281 g/mol. The maximum absolute atomic E-state index is 6.28. The van der Waals surface area contributed by atoms with E-state index in [1.807, 2.05) is 36.1 Å². The number of nitrogens with two attached hydrogens (primary N) is 1. The summed E-state index contributed by atoms with van der Waals surface area (Å²) in [6.45, 7) is 6.27. The van der Waals surface area contributed by atoms with E-state index in [4.69, 9.17) is 10.2 Å². The third-order valence-corrected chi connectivity index (χ3v) is 5.73. The molecular weight excluding hydrogens is 262 g/mol. The fourth-order valence-corrected chi connectivity index (χ4v) is 4.22. The van der Waals surface area contributed by atoms with E-state index in [1.54, 1.807) is 6.26 Å². The molecule has 0 saturated carbocycles. The summed E-state index contributed by atoms with van der Waals surface area (Å²) in [6, 6.07) is 6.55. The standard InChI is InChI=1S/C14H19NOS2/c1-4-11(15)14(13-6-5-9(2)17-13)18-12-7-8-16-10(12)3/h5-8,11,14H,4,15H2,1-3H3. The summed E-state index contributed by atoms with van der Waals surface area (Å²) < 4.78 is 5.36. The van der Waals surface area contributed by atoms with Crippen LogP contribution in [0.1, 0.15) is 34.1 Å². The Morgan fingerprint density at radius 3 is 2.61 bits per heavy atom. The lowest BCUT2D eigenvalue weighted by atomic mass is 10.1. The van der Waals surface area contributed by atoms with Crippen molar-refractivity contribution in [3.63, 3.8) is 0 Å². The van der Waals surface area contributed by atoms with Gasteiger partial charge in [-0.1, -0.05) is 6.92 Å². The average Bonchev–Trinajstić information content (AvgIpc) is 2.94. The second-order valence-corrected chi connectivity index (χ2v) is 6.90. The first-order valence-corrected chi connectivity index (χ1v) is 7.84. The molecule has 2 heterocycles. The van der Waals surface area contributed by atoms with Gasteiger partial charge in [-0.3, -0.25) is 0 Å². The Morgan fingerprint density at radius 2 is 2.11 bits per heavy atom. The molecule has 0 amide bonds. The third kappa shape index (κ3) is 2.99. The third-order valence-electron chi connectivity index (χ3n) is 2.97. The van der Waals surface area contributed by atoms with Crippen molar-refractivity contribution in [3.8, 4) is 0 Å². The molecular formula is C14H19NOS2. The monoisotopic (exact) mass is 281 g/mol. The number of rotatable bonds is 5. The molecule has 0 aliphatic heterocycles. The molecule has 0 aliphatic carbocycles. The van der Waals surface area contributed by atoms with Gasteiger partial charge in [-0.25, -0.2) is 0 Å². The van der Waals surface area contributed by atoms with Gasteiger partial charge in [0.25, 0.3) is 0 Å².